The van der Waals surface area contributed by atoms with E-state index in [1.54, 1.807) is 18.2 Å². The van der Waals surface area contributed by atoms with E-state index in [9.17, 15) is 18.0 Å². The first-order valence-electron chi connectivity index (χ1n) is 13.9. The summed E-state index contributed by atoms with van der Waals surface area (Å²) >= 11 is 5.95. The SMILES string of the molecule is C=CCc1cc(C2C3=C(CC(C)(C)CC3=O)OC3=C2C(=O)CC(C)(C)C3)cc(OC)c1OS(=O)(=O)c1ccc(Cl)cc1. The zero-order valence-corrected chi connectivity index (χ0v) is 26.1. The molecule has 9 heteroatoms. The maximum Gasteiger partial charge on any atom is 0.339 e. The summed E-state index contributed by atoms with van der Waals surface area (Å²) < 4.78 is 44.2. The van der Waals surface area contributed by atoms with E-state index >= 15 is 0 Å². The van der Waals surface area contributed by atoms with Crippen LogP contribution in [0, 0.1) is 10.8 Å². The van der Waals surface area contributed by atoms with Gasteiger partial charge in [0.05, 0.1) is 7.11 Å². The van der Waals surface area contributed by atoms with Gasteiger partial charge in [-0.1, -0.05) is 51.4 Å². The van der Waals surface area contributed by atoms with Crippen LogP contribution in [0.1, 0.15) is 70.4 Å². The summed E-state index contributed by atoms with van der Waals surface area (Å²) in [6.45, 7) is 12.0. The topological polar surface area (TPSA) is 96.0 Å². The third-order valence-corrected chi connectivity index (χ3v) is 9.44. The largest absolute Gasteiger partial charge is 0.493 e. The first-order valence-corrected chi connectivity index (χ1v) is 15.7. The van der Waals surface area contributed by atoms with E-state index in [1.165, 1.54) is 31.4 Å². The molecule has 5 rings (SSSR count). The molecule has 0 atom stereocenters. The second-order valence-corrected chi connectivity index (χ2v) is 14.8. The Labute approximate surface area is 252 Å². The molecule has 0 unspecified atom stereocenters. The summed E-state index contributed by atoms with van der Waals surface area (Å²) in [4.78, 5) is 27.3. The normalized spacial score (nSPS) is 20.0. The maximum absolute atomic E-state index is 13.7. The van der Waals surface area contributed by atoms with Crippen molar-refractivity contribution in [1.29, 1.82) is 0 Å². The molecular weight excluding hydrogens is 576 g/mol. The first-order chi connectivity index (χ1) is 19.6. The quantitative estimate of drug-likeness (QED) is 0.241. The Morgan fingerprint density at radius 1 is 0.952 bits per heavy atom. The number of rotatable bonds is 7. The third kappa shape index (κ3) is 5.66. The van der Waals surface area contributed by atoms with Crippen LogP contribution in [0.2, 0.25) is 5.02 Å². The number of hydrogen-bond donors (Lipinski definition) is 0. The lowest BCUT2D eigenvalue weighted by Gasteiger charge is -2.42. The minimum atomic E-state index is -4.24. The van der Waals surface area contributed by atoms with E-state index in [4.69, 9.17) is 25.3 Å². The molecule has 0 bridgehead atoms. The van der Waals surface area contributed by atoms with Crippen molar-refractivity contribution in [3.05, 3.63) is 87.9 Å². The summed E-state index contributed by atoms with van der Waals surface area (Å²) in [5.74, 6) is 0.565. The molecular formula is C33H35ClO7S. The van der Waals surface area contributed by atoms with Crippen molar-refractivity contribution in [1.82, 2.24) is 0 Å². The highest BCUT2D eigenvalue weighted by Crippen LogP contribution is 2.54. The van der Waals surface area contributed by atoms with E-state index in [-0.39, 0.29) is 45.2 Å². The highest BCUT2D eigenvalue weighted by atomic mass is 35.5. The van der Waals surface area contributed by atoms with Gasteiger partial charge in [-0.05, 0) is 53.1 Å². The monoisotopic (exact) mass is 610 g/mol. The average Bonchev–Trinajstić information content (AvgIpc) is 2.87. The summed E-state index contributed by atoms with van der Waals surface area (Å²) in [6.07, 6.45) is 3.65. The number of carbonyl (C=O) groups excluding carboxylic acids is 2. The van der Waals surface area contributed by atoms with Crippen LogP contribution in [-0.4, -0.2) is 27.1 Å². The lowest BCUT2D eigenvalue weighted by atomic mass is 9.65. The van der Waals surface area contributed by atoms with Crippen molar-refractivity contribution in [2.24, 2.45) is 10.8 Å². The van der Waals surface area contributed by atoms with Crippen molar-refractivity contribution < 1.29 is 31.7 Å². The predicted octanol–water partition coefficient (Wildman–Crippen LogP) is 7.25. The fourth-order valence-corrected chi connectivity index (χ4v) is 7.27. The summed E-state index contributed by atoms with van der Waals surface area (Å²) in [5.41, 5.74) is 1.51. The highest BCUT2D eigenvalue weighted by molar-refractivity contribution is 7.87. The third-order valence-electron chi connectivity index (χ3n) is 7.95. The molecule has 42 heavy (non-hydrogen) atoms. The van der Waals surface area contributed by atoms with Gasteiger partial charge in [-0.2, -0.15) is 8.42 Å². The van der Waals surface area contributed by atoms with Gasteiger partial charge in [-0.3, -0.25) is 9.59 Å². The first kappa shape index (κ1) is 30.1. The van der Waals surface area contributed by atoms with Gasteiger partial charge in [-0.25, -0.2) is 0 Å². The van der Waals surface area contributed by atoms with Crippen molar-refractivity contribution in [3.8, 4) is 11.5 Å². The number of Topliss-reactive ketones (excluding diaryl/α,β-unsaturated/α-hetero) is 2. The predicted molar refractivity (Wildman–Crippen MR) is 160 cm³/mol. The van der Waals surface area contributed by atoms with Crippen molar-refractivity contribution >= 4 is 33.3 Å². The van der Waals surface area contributed by atoms with Gasteiger partial charge < -0.3 is 13.7 Å². The fraction of sp³-hybridized carbons (Fsp3) is 0.394. The average molecular weight is 611 g/mol. The summed E-state index contributed by atoms with van der Waals surface area (Å²) in [5, 5.41) is 0.392. The van der Waals surface area contributed by atoms with Crippen LogP contribution < -0.4 is 8.92 Å². The number of carbonyl (C=O) groups is 2. The Bertz CT molecular complexity index is 1610. The lowest BCUT2D eigenvalue weighted by molar-refractivity contribution is -0.120. The Hall–Kier alpha value is -3.36. The zero-order chi connectivity index (χ0) is 30.6. The molecule has 1 heterocycles. The molecule has 0 amide bonds. The van der Waals surface area contributed by atoms with Crippen molar-refractivity contribution in [3.63, 3.8) is 0 Å². The van der Waals surface area contributed by atoms with E-state index in [2.05, 4.69) is 6.58 Å². The Kier molecular flexibility index (Phi) is 7.69. The fourth-order valence-electron chi connectivity index (χ4n) is 6.17. The van der Waals surface area contributed by atoms with Crippen LogP contribution in [-0.2, 0) is 30.9 Å². The zero-order valence-electron chi connectivity index (χ0n) is 24.5. The molecule has 2 aromatic carbocycles. The minimum absolute atomic E-state index is 0.0128. The van der Waals surface area contributed by atoms with Crippen LogP contribution in [0.25, 0.3) is 0 Å². The molecule has 0 saturated heterocycles. The molecule has 0 N–H and O–H groups in total. The minimum Gasteiger partial charge on any atom is -0.493 e. The molecule has 0 radical (unpaired) electrons. The Balaban J connectivity index is 1.69. The molecule has 2 aromatic rings. The maximum atomic E-state index is 13.7. The van der Waals surface area contributed by atoms with Gasteiger partial charge in [0.2, 0.25) is 0 Å². The Morgan fingerprint density at radius 2 is 1.50 bits per heavy atom. The van der Waals surface area contributed by atoms with Crippen LogP contribution in [0.3, 0.4) is 0 Å². The lowest BCUT2D eigenvalue weighted by Crippen LogP contribution is -2.37. The molecule has 7 nitrogen and oxygen atoms in total. The number of benzene rings is 2. The number of ketones is 2. The molecule has 0 fully saturated rings. The summed E-state index contributed by atoms with van der Waals surface area (Å²) in [7, 11) is -2.83. The second-order valence-electron chi connectivity index (χ2n) is 12.8. The van der Waals surface area contributed by atoms with Gasteiger partial charge in [0.25, 0.3) is 0 Å². The van der Waals surface area contributed by atoms with E-state index in [0.29, 0.717) is 64.5 Å². The van der Waals surface area contributed by atoms with Crippen molar-refractivity contribution in [2.45, 2.75) is 70.6 Å². The second kappa shape index (κ2) is 10.7. The van der Waals surface area contributed by atoms with Crippen LogP contribution in [0.15, 0.2) is 76.6 Å². The molecule has 222 valence electrons. The van der Waals surface area contributed by atoms with Gasteiger partial charge in [0.1, 0.15) is 16.4 Å². The van der Waals surface area contributed by atoms with Crippen molar-refractivity contribution in [2.75, 3.05) is 7.11 Å². The number of halogens is 1. The van der Waals surface area contributed by atoms with E-state index < -0.39 is 16.0 Å². The smallest absolute Gasteiger partial charge is 0.339 e. The van der Waals surface area contributed by atoms with Gasteiger partial charge in [-0.15, -0.1) is 6.58 Å². The van der Waals surface area contributed by atoms with Crippen LogP contribution in [0.4, 0.5) is 0 Å². The Morgan fingerprint density at radius 3 is 2.00 bits per heavy atom. The van der Waals surface area contributed by atoms with Gasteiger partial charge in [0, 0.05) is 53.3 Å². The molecule has 1 aliphatic heterocycles. The van der Waals surface area contributed by atoms with Gasteiger partial charge >= 0.3 is 10.1 Å². The van der Waals surface area contributed by atoms with E-state index in [1.807, 2.05) is 27.7 Å². The highest BCUT2D eigenvalue weighted by Gasteiger charge is 2.48. The van der Waals surface area contributed by atoms with E-state index in [0.717, 1.165) is 0 Å². The standard InChI is InChI=1S/C33H35ClO7S/c1-7-8-19-13-20(14-25(39-6)31(19)41-42(37,38)22-11-9-21(34)10-12-22)28-29-23(35)15-32(2,3)17-26(29)40-27-18-33(4,5)16-24(36)30(27)28/h7,9-14,28H,1,8,15-18H2,2-6H3. The molecule has 2 aliphatic carbocycles. The molecule has 0 aromatic heterocycles. The van der Waals surface area contributed by atoms with Crippen LogP contribution in [0.5, 0.6) is 11.5 Å². The molecule has 3 aliphatic rings. The number of methoxy groups -OCH3 is 1. The number of hydrogen-bond acceptors (Lipinski definition) is 7. The van der Waals surface area contributed by atoms with Gasteiger partial charge in [0.15, 0.2) is 23.1 Å². The van der Waals surface area contributed by atoms with Crippen LogP contribution >= 0.6 is 11.6 Å². The number of ether oxygens (including phenoxy) is 2. The number of allylic oxidation sites excluding steroid dienone is 5. The summed E-state index contributed by atoms with van der Waals surface area (Å²) in [6, 6.07) is 9.10. The molecule has 0 saturated carbocycles. The molecule has 0 spiro atoms.